The molecule has 0 atom stereocenters. The number of nitrogens with zero attached hydrogens (tertiary/aromatic N) is 3. The molecule has 1 aliphatic rings. The van der Waals surface area contributed by atoms with E-state index in [9.17, 15) is 0 Å². The summed E-state index contributed by atoms with van der Waals surface area (Å²) in [7, 11) is 1.68. The second kappa shape index (κ2) is 7.58. The van der Waals surface area contributed by atoms with E-state index in [0.29, 0.717) is 0 Å². The van der Waals surface area contributed by atoms with Gasteiger partial charge in [-0.15, -0.1) is 0 Å². The summed E-state index contributed by atoms with van der Waals surface area (Å²) in [5.41, 5.74) is 3.36. The molecule has 1 heterocycles. The number of hydrazone groups is 1. The van der Waals surface area contributed by atoms with Crippen LogP contribution in [-0.4, -0.2) is 44.0 Å². The summed E-state index contributed by atoms with van der Waals surface area (Å²) in [5, 5.41) is 7.69. The summed E-state index contributed by atoms with van der Waals surface area (Å²) < 4.78 is 5.20. The topological polar surface area (TPSA) is 28.1 Å². The van der Waals surface area contributed by atoms with Crippen LogP contribution in [0.1, 0.15) is 12.5 Å². The van der Waals surface area contributed by atoms with E-state index < -0.39 is 0 Å². The van der Waals surface area contributed by atoms with Crippen LogP contribution in [0.2, 0.25) is 5.02 Å². The molecule has 1 saturated heterocycles. The predicted octanol–water partition coefficient (Wildman–Crippen LogP) is 3.89. The summed E-state index contributed by atoms with van der Waals surface area (Å²) in [4.78, 5) is 2.37. The first-order valence-corrected chi connectivity index (χ1v) is 8.48. The van der Waals surface area contributed by atoms with Gasteiger partial charge in [0.1, 0.15) is 5.75 Å². The van der Waals surface area contributed by atoms with Gasteiger partial charge in [0.25, 0.3) is 0 Å². The number of ether oxygens (including phenoxy) is 1. The third kappa shape index (κ3) is 4.01. The van der Waals surface area contributed by atoms with E-state index in [-0.39, 0.29) is 0 Å². The zero-order chi connectivity index (χ0) is 16.9. The highest BCUT2D eigenvalue weighted by atomic mass is 35.5. The standard InChI is InChI=1S/C19H22ClN3O/c1-15(16-3-9-19(24-2)10-4-16)21-23-13-11-22(12-14-23)18-7-5-17(20)6-8-18/h3-10H,11-14H2,1-2H3. The highest BCUT2D eigenvalue weighted by Crippen LogP contribution is 2.20. The van der Waals surface area contributed by atoms with E-state index >= 15 is 0 Å². The molecule has 24 heavy (non-hydrogen) atoms. The molecule has 0 bridgehead atoms. The monoisotopic (exact) mass is 343 g/mol. The van der Waals surface area contributed by atoms with E-state index in [0.717, 1.165) is 48.2 Å². The second-order valence-electron chi connectivity index (χ2n) is 5.83. The van der Waals surface area contributed by atoms with Gasteiger partial charge in [-0.2, -0.15) is 5.10 Å². The molecule has 4 nitrogen and oxygen atoms in total. The Bertz CT molecular complexity index is 690. The lowest BCUT2D eigenvalue weighted by Gasteiger charge is -2.35. The molecule has 0 radical (unpaired) electrons. The van der Waals surface area contributed by atoms with Gasteiger partial charge in [-0.25, -0.2) is 0 Å². The molecule has 2 aromatic carbocycles. The van der Waals surface area contributed by atoms with Crippen molar-refractivity contribution in [3.8, 4) is 5.75 Å². The fourth-order valence-electron chi connectivity index (χ4n) is 2.81. The van der Waals surface area contributed by atoms with Crippen LogP contribution in [0.25, 0.3) is 0 Å². The zero-order valence-corrected chi connectivity index (χ0v) is 14.8. The maximum absolute atomic E-state index is 5.96. The lowest BCUT2D eigenvalue weighted by molar-refractivity contribution is 0.270. The molecule has 0 unspecified atom stereocenters. The zero-order valence-electron chi connectivity index (χ0n) is 14.1. The molecule has 0 amide bonds. The number of hydrogen-bond acceptors (Lipinski definition) is 4. The van der Waals surface area contributed by atoms with Crippen molar-refractivity contribution < 1.29 is 4.74 Å². The Hall–Kier alpha value is -2.20. The minimum absolute atomic E-state index is 0.775. The summed E-state index contributed by atoms with van der Waals surface area (Å²) in [6.45, 7) is 5.79. The van der Waals surface area contributed by atoms with Crippen LogP contribution in [0.5, 0.6) is 5.75 Å². The van der Waals surface area contributed by atoms with E-state index in [2.05, 4.69) is 22.0 Å². The number of hydrogen-bond donors (Lipinski definition) is 0. The molecular weight excluding hydrogens is 322 g/mol. The summed E-state index contributed by atoms with van der Waals surface area (Å²) >= 11 is 5.96. The van der Waals surface area contributed by atoms with Gasteiger partial charge in [-0.1, -0.05) is 11.6 Å². The van der Waals surface area contributed by atoms with E-state index in [1.807, 2.05) is 43.3 Å². The molecule has 1 aliphatic heterocycles. The minimum atomic E-state index is 0.775. The number of halogens is 1. The van der Waals surface area contributed by atoms with Crippen molar-refractivity contribution in [2.45, 2.75) is 6.92 Å². The van der Waals surface area contributed by atoms with Crippen molar-refractivity contribution in [3.63, 3.8) is 0 Å². The molecule has 0 saturated carbocycles. The average molecular weight is 344 g/mol. The number of rotatable bonds is 4. The van der Waals surface area contributed by atoms with Gasteiger partial charge < -0.3 is 9.64 Å². The molecule has 0 N–H and O–H groups in total. The van der Waals surface area contributed by atoms with Crippen LogP contribution in [0.3, 0.4) is 0 Å². The third-order valence-electron chi connectivity index (χ3n) is 4.25. The van der Waals surface area contributed by atoms with E-state index in [1.54, 1.807) is 7.11 Å². The minimum Gasteiger partial charge on any atom is -0.497 e. The Morgan fingerprint density at radius 3 is 2.17 bits per heavy atom. The van der Waals surface area contributed by atoms with Crippen molar-refractivity contribution in [1.29, 1.82) is 0 Å². The van der Waals surface area contributed by atoms with Gasteiger partial charge in [0.15, 0.2) is 0 Å². The molecule has 126 valence electrons. The van der Waals surface area contributed by atoms with Crippen LogP contribution in [0, 0.1) is 0 Å². The number of piperazine rings is 1. The summed E-state index contributed by atoms with van der Waals surface area (Å²) in [5.74, 6) is 0.864. The Labute approximate surface area is 148 Å². The highest BCUT2D eigenvalue weighted by Gasteiger charge is 2.16. The largest absolute Gasteiger partial charge is 0.497 e. The van der Waals surface area contributed by atoms with E-state index in [1.165, 1.54) is 5.69 Å². The fraction of sp³-hybridized carbons (Fsp3) is 0.316. The van der Waals surface area contributed by atoms with Gasteiger partial charge in [0, 0.05) is 23.8 Å². The Morgan fingerprint density at radius 2 is 1.58 bits per heavy atom. The van der Waals surface area contributed by atoms with Crippen LogP contribution in [-0.2, 0) is 0 Å². The van der Waals surface area contributed by atoms with E-state index in [4.69, 9.17) is 21.4 Å². The maximum atomic E-state index is 5.96. The van der Waals surface area contributed by atoms with Crippen LogP contribution in [0.4, 0.5) is 5.69 Å². The molecule has 1 fully saturated rings. The molecule has 0 aromatic heterocycles. The van der Waals surface area contributed by atoms with Crippen molar-refractivity contribution >= 4 is 23.0 Å². The van der Waals surface area contributed by atoms with Crippen molar-refractivity contribution in [1.82, 2.24) is 5.01 Å². The number of anilines is 1. The normalized spacial score (nSPS) is 15.5. The lowest BCUT2D eigenvalue weighted by atomic mass is 10.1. The van der Waals surface area contributed by atoms with Gasteiger partial charge in [0.05, 0.1) is 25.9 Å². The van der Waals surface area contributed by atoms with Gasteiger partial charge in [-0.05, 0) is 61.0 Å². The molecule has 0 spiro atoms. The summed E-state index contributed by atoms with van der Waals surface area (Å²) in [6, 6.07) is 16.0. The fourth-order valence-corrected chi connectivity index (χ4v) is 2.93. The van der Waals surface area contributed by atoms with Crippen LogP contribution in [0.15, 0.2) is 53.6 Å². The first kappa shape index (κ1) is 16.7. The van der Waals surface area contributed by atoms with Crippen molar-refractivity contribution in [2.24, 2.45) is 5.10 Å². The van der Waals surface area contributed by atoms with Gasteiger partial charge >= 0.3 is 0 Å². The van der Waals surface area contributed by atoms with Crippen LogP contribution < -0.4 is 9.64 Å². The van der Waals surface area contributed by atoms with Crippen LogP contribution >= 0.6 is 11.6 Å². The first-order valence-electron chi connectivity index (χ1n) is 8.11. The number of benzene rings is 2. The highest BCUT2D eigenvalue weighted by molar-refractivity contribution is 6.30. The van der Waals surface area contributed by atoms with Crippen molar-refractivity contribution in [2.75, 3.05) is 38.2 Å². The molecule has 3 rings (SSSR count). The predicted molar refractivity (Wildman–Crippen MR) is 100 cm³/mol. The Balaban J connectivity index is 1.60. The molecule has 0 aliphatic carbocycles. The summed E-state index contributed by atoms with van der Waals surface area (Å²) in [6.07, 6.45) is 0. The third-order valence-corrected chi connectivity index (χ3v) is 4.50. The lowest BCUT2D eigenvalue weighted by Crippen LogP contribution is -2.44. The average Bonchev–Trinajstić information content (AvgIpc) is 2.63. The quantitative estimate of drug-likeness (QED) is 0.788. The first-order chi connectivity index (χ1) is 11.7. The molecular formula is C19H22ClN3O. The maximum Gasteiger partial charge on any atom is 0.118 e. The SMILES string of the molecule is COc1ccc(C(C)=NN2CCN(c3ccc(Cl)cc3)CC2)cc1. The smallest absolute Gasteiger partial charge is 0.118 e. The second-order valence-corrected chi connectivity index (χ2v) is 6.27. The molecule has 2 aromatic rings. The Kier molecular flexibility index (Phi) is 5.26. The Morgan fingerprint density at radius 1 is 0.958 bits per heavy atom. The number of methoxy groups -OCH3 is 1. The van der Waals surface area contributed by atoms with Crippen molar-refractivity contribution in [3.05, 3.63) is 59.1 Å². The van der Waals surface area contributed by atoms with Gasteiger partial charge in [0.2, 0.25) is 0 Å². The van der Waals surface area contributed by atoms with Gasteiger partial charge in [-0.3, -0.25) is 5.01 Å². The molecule has 5 heteroatoms.